The van der Waals surface area contributed by atoms with Gasteiger partial charge in [0.15, 0.2) is 5.41 Å². The fourth-order valence-electron chi connectivity index (χ4n) is 1.69. The summed E-state index contributed by atoms with van der Waals surface area (Å²) in [5.41, 5.74) is -1.14. The first-order chi connectivity index (χ1) is 7.96. The minimum Gasteiger partial charge on any atom is -0.480 e. The Morgan fingerprint density at radius 2 is 1.94 bits per heavy atom. The van der Waals surface area contributed by atoms with Crippen LogP contribution in [0.3, 0.4) is 0 Å². The van der Waals surface area contributed by atoms with Crippen LogP contribution in [-0.4, -0.2) is 31.9 Å². The maximum absolute atomic E-state index is 11.2. The van der Waals surface area contributed by atoms with Crippen molar-refractivity contribution in [3.05, 3.63) is 18.0 Å². The third kappa shape index (κ3) is 2.46. The van der Waals surface area contributed by atoms with Crippen LogP contribution in [0.15, 0.2) is 12.4 Å². The van der Waals surface area contributed by atoms with Gasteiger partial charge in [0, 0.05) is 19.2 Å². The third-order valence-corrected chi connectivity index (χ3v) is 2.94. The summed E-state index contributed by atoms with van der Waals surface area (Å²) in [7, 11) is 0. The number of carboxylic acid groups (broad SMARTS) is 2. The van der Waals surface area contributed by atoms with Crippen LogP contribution in [-0.2, 0) is 22.6 Å². The summed E-state index contributed by atoms with van der Waals surface area (Å²) in [6.45, 7) is 4.13. The van der Waals surface area contributed by atoms with E-state index in [4.69, 9.17) is 10.2 Å². The molecule has 0 aliphatic heterocycles. The number of aryl methyl sites for hydroxylation is 1. The largest absolute Gasteiger partial charge is 0.480 e. The van der Waals surface area contributed by atoms with E-state index in [0.717, 1.165) is 0 Å². The van der Waals surface area contributed by atoms with Gasteiger partial charge in [-0.1, -0.05) is 6.92 Å². The van der Waals surface area contributed by atoms with Gasteiger partial charge in [0.1, 0.15) is 0 Å². The highest BCUT2D eigenvalue weighted by Crippen LogP contribution is 2.28. The highest BCUT2D eigenvalue weighted by molar-refractivity contribution is 5.98. The summed E-state index contributed by atoms with van der Waals surface area (Å²) in [4.78, 5) is 22.3. The molecule has 1 aromatic heterocycles. The molecule has 6 heteroatoms. The normalized spacial score (nSPS) is 11.4. The summed E-state index contributed by atoms with van der Waals surface area (Å²) in [5.74, 6) is -2.62. The van der Waals surface area contributed by atoms with E-state index >= 15 is 0 Å². The standard InChI is InChI=1S/C11H16N2O4/c1-3-11(9(14)15,10(16)17)5-8-6-12-13(4-2)7-8/h6-7H,3-5H2,1-2H3,(H,14,15)(H,16,17). The minimum absolute atomic E-state index is 0.0367. The second kappa shape index (κ2) is 4.99. The Labute approximate surface area is 98.9 Å². The number of nitrogens with zero attached hydrogens (tertiary/aromatic N) is 2. The van der Waals surface area contributed by atoms with E-state index in [9.17, 15) is 9.59 Å². The molecule has 0 aliphatic carbocycles. The molecule has 0 unspecified atom stereocenters. The summed E-state index contributed by atoms with van der Waals surface area (Å²) >= 11 is 0. The molecule has 0 aromatic carbocycles. The van der Waals surface area contributed by atoms with E-state index in [2.05, 4.69) is 5.10 Å². The molecule has 0 spiro atoms. The van der Waals surface area contributed by atoms with Crippen molar-refractivity contribution in [1.82, 2.24) is 9.78 Å². The second-order valence-corrected chi connectivity index (χ2v) is 3.93. The van der Waals surface area contributed by atoms with Crippen molar-refractivity contribution in [1.29, 1.82) is 0 Å². The second-order valence-electron chi connectivity index (χ2n) is 3.93. The van der Waals surface area contributed by atoms with Gasteiger partial charge in [-0.05, 0) is 18.9 Å². The van der Waals surface area contributed by atoms with Gasteiger partial charge >= 0.3 is 11.9 Å². The van der Waals surface area contributed by atoms with Gasteiger partial charge in [0.25, 0.3) is 0 Å². The van der Waals surface area contributed by atoms with Gasteiger partial charge in [-0.2, -0.15) is 5.10 Å². The molecule has 0 aliphatic rings. The Kier molecular flexibility index (Phi) is 3.88. The smallest absolute Gasteiger partial charge is 0.321 e. The highest BCUT2D eigenvalue weighted by Gasteiger charge is 2.45. The monoisotopic (exact) mass is 240 g/mol. The van der Waals surface area contributed by atoms with Crippen molar-refractivity contribution in [2.45, 2.75) is 33.2 Å². The van der Waals surface area contributed by atoms with Crippen molar-refractivity contribution in [3.63, 3.8) is 0 Å². The maximum Gasteiger partial charge on any atom is 0.321 e. The quantitative estimate of drug-likeness (QED) is 0.724. The molecular weight excluding hydrogens is 224 g/mol. The first-order valence-electron chi connectivity index (χ1n) is 5.44. The molecule has 94 valence electrons. The number of hydrogen-bond acceptors (Lipinski definition) is 3. The first-order valence-corrected chi connectivity index (χ1v) is 5.44. The van der Waals surface area contributed by atoms with Crippen LogP contribution < -0.4 is 0 Å². The Bertz CT molecular complexity index is 411. The van der Waals surface area contributed by atoms with Crippen LogP contribution in [0.2, 0.25) is 0 Å². The number of aliphatic carboxylic acids is 2. The van der Waals surface area contributed by atoms with Crippen LogP contribution >= 0.6 is 0 Å². The lowest BCUT2D eigenvalue weighted by atomic mass is 9.80. The average molecular weight is 240 g/mol. The average Bonchev–Trinajstić information content (AvgIpc) is 2.72. The number of carboxylic acids is 2. The number of carbonyl (C=O) groups is 2. The Morgan fingerprint density at radius 1 is 1.35 bits per heavy atom. The molecule has 0 saturated heterocycles. The number of rotatable bonds is 6. The van der Waals surface area contributed by atoms with Crippen LogP contribution in [0.5, 0.6) is 0 Å². The fraction of sp³-hybridized carbons (Fsp3) is 0.545. The third-order valence-electron chi connectivity index (χ3n) is 2.94. The molecule has 0 atom stereocenters. The molecule has 0 amide bonds. The van der Waals surface area contributed by atoms with E-state index in [0.29, 0.717) is 12.1 Å². The summed E-state index contributed by atoms with van der Waals surface area (Å²) < 4.78 is 1.64. The Hall–Kier alpha value is -1.85. The van der Waals surface area contributed by atoms with Crippen molar-refractivity contribution in [3.8, 4) is 0 Å². The van der Waals surface area contributed by atoms with Gasteiger partial charge in [-0.25, -0.2) is 0 Å². The topological polar surface area (TPSA) is 92.4 Å². The molecule has 17 heavy (non-hydrogen) atoms. The lowest BCUT2D eigenvalue weighted by Crippen LogP contribution is -2.40. The molecule has 0 bridgehead atoms. The van der Waals surface area contributed by atoms with E-state index in [-0.39, 0.29) is 12.8 Å². The van der Waals surface area contributed by atoms with E-state index in [1.165, 1.54) is 6.20 Å². The van der Waals surface area contributed by atoms with E-state index in [1.54, 1.807) is 17.8 Å². The van der Waals surface area contributed by atoms with Crippen LogP contribution in [0.25, 0.3) is 0 Å². The van der Waals surface area contributed by atoms with Gasteiger partial charge in [-0.3, -0.25) is 14.3 Å². The number of hydrogen-bond donors (Lipinski definition) is 2. The SMILES string of the molecule is CCn1cc(CC(CC)(C(=O)O)C(=O)O)cn1. The van der Waals surface area contributed by atoms with Gasteiger partial charge in [0.05, 0.1) is 6.20 Å². The summed E-state index contributed by atoms with van der Waals surface area (Å²) in [6, 6.07) is 0. The van der Waals surface area contributed by atoms with E-state index < -0.39 is 17.4 Å². The van der Waals surface area contributed by atoms with Crippen LogP contribution in [0.4, 0.5) is 0 Å². The lowest BCUT2D eigenvalue weighted by Gasteiger charge is -2.22. The predicted molar refractivity (Wildman–Crippen MR) is 59.6 cm³/mol. The zero-order chi connectivity index (χ0) is 13.1. The Balaban J connectivity index is 3.01. The van der Waals surface area contributed by atoms with Crippen LogP contribution in [0, 0.1) is 5.41 Å². The van der Waals surface area contributed by atoms with Gasteiger partial charge < -0.3 is 10.2 Å². The minimum atomic E-state index is -1.76. The zero-order valence-corrected chi connectivity index (χ0v) is 9.88. The van der Waals surface area contributed by atoms with Gasteiger partial charge in [0.2, 0.25) is 0 Å². The molecule has 0 fully saturated rings. The fourth-order valence-corrected chi connectivity index (χ4v) is 1.69. The lowest BCUT2D eigenvalue weighted by molar-refractivity contribution is -0.164. The molecule has 2 N–H and O–H groups in total. The van der Waals surface area contributed by atoms with E-state index in [1.807, 2.05) is 6.92 Å². The molecule has 1 heterocycles. The predicted octanol–water partition coefficient (Wildman–Crippen LogP) is 1.01. The maximum atomic E-state index is 11.2. The van der Waals surface area contributed by atoms with Gasteiger partial charge in [-0.15, -0.1) is 0 Å². The van der Waals surface area contributed by atoms with Crippen molar-refractivity contribution in [2.75, 3.05) is 0 Å². The molecule has 0 radical (unpaired) electrons. The van der Waals surface area contributed by atoms with Crippen LogP contribution in [0.1, 0.15) is 25.8 Å². The highest BCUT2D eigenvalue weighted by atomic mass is 16.4. The van der Waals surface area contributed by atoms with Crippen molar-refractivity contribution < 1.29 is 19.8 Å². The summed E-state index contributed by atoms with van der Waals surface area (Å²) in [5, 5.41) is 22.2. The van der Waals surface area contributed by atoms with Crippen molar-refractivity contribution >= 4 is 11.9 Å². The molecule has 6 nitrogen and oxygen atoms in total. The number of aromatic nitrogens is 2. The van der Waals surface area contributed by atoms with Crippen molar-refractivity contribution in [2.24, 2.45) is 5.41 Å². The molecule has 1 rings (SSSR count). The molecule has 0 saturated carbocycles. The molecular formula is C11H16N2O4. The molecule has 1 aromatic rings. The summed E-state index contributed by atoms with van der Waals surface area (Å²) in [6.07, 6.45) is 3.18. The zero-order valence-electron chi connectivity index (χ0n) is 9.88. The Morgan fingerprint density at radius 3 is 2.29 bits per heavy atom. The first kappa shape index (κ1) is 13.2.